The smallest absolute Gasteiger partial charge is 0.154 e. The highest BCUT2D eigenvalue weighted by Crippen LogP contribution is 2.05. The van der Waals surface area contributed by atoms with Crippen LogP contribution in [0.25, 0.3) is 0 Å². The molecule has 2 N–H and O–H groups in total. The van der Waals surface area contributed by atoms with E-state index < -0.39 is 6.04 Å². The third-order valence-corrected chi connectivity index (χ3v) is 2.81. The SMILES string of the molecule is NC(Cc1ccccc1)C(=O)Cc1cccnc1. The van der Waals surface area contributed by atoms with Gasteiger partial charge in [0.1, 0.15) is 0 Å². The van der Waals surface area contributed by atoms with E-state index in [4.69, 9.17) is 5.73 Å². The average molecular weight is 240 g/mol. The molecule has 0 saturated heterocycles. The Balaban J connectivity index is 1.93. The van der Waals surface area contributed by atoms with Gasteiger partial charge in [-0.15, -0.1) is 0 Å². The van der Waals surface area contributed by atoms with E-state index in [1.807, 2.05) is 42.5 Å². The number of hydrogen-bond acceptors (Lipinski definition) is 3. The first-order valence-corrected chi connectivity index (χ1v) is 5.97. The zero-order chi connectivity index (χ0) is 12.8. The fourth-order valence-electron chi connectivity index (χ4n) is 1.82. The Bertz CT molecular complexity index is 496. The maximum atomic E-state index is 12.0. The Hall–Kier alpha value is -2.00. The molecule has 0 aliphatic rings. The Morgan fingerprint density at radius 1 is 1.11 bits per heavy atom. The van der Waals surface area contributed by atoms with Gasteiger partial charge in [0.05, 0.1) is 6.04 Å². The van der Waals surface area contributed by atoms with Crippen molar-refractivity contribution in [1.82, 2.24) is 4.98 Å². The summed E-state index contributed by atoms with van der Waals surface area (Å²) in [5.74, 6) is 0.0480. The summed E-state index contributed by atoms with van der Waals surface area (Å²) < 4.78 is 0. The van der Waals surface area contributed by atoms with Crippen LogP contribution < -0.4 is 5.73 Å². The molecule has 2 rings (SSSR count). The average Bonchev–Trinajstić information content (AvgIpc) is 2.41. The van der Waals surface area contributed by atoms with Crippen molar-refractivity contribution < 1.29 is 4.79 Å². The minimum absolute atomic E-state index is 0.0480. The number of pyridine rings is 1. The number of benzene rings is 1. The Morgan fingerprint density at radius 3 is 2.50 bits per heavy atom. The fourth-order valence-corrected chi connectivity index (χ4v) is 1.82. The van der Waals surface area contributed by atoms with Gasteiger partial charge in [-0.05, 0) is 23.6 Å². The molecule has 1 atom stereocenters. The number of carbonyl (C=O) groups is 1. The molecule has 0 aliphatic carbocycles. The number of nitrogens with zero attached hydrogens (tertiary/aromatic N) is 1. The lowest BCUT2D eigenvalue weighted by Gasteiger charge is -2.10. The largest absolute Gasteiger partial charge is 0.321 e. The lowest BCUT2D eigenvalue weighted by molar-refractivity contribution is -0.119. The first-order chi connectivity index (χ1) is 8.75. The van der Waals surface area contributed by atoms with Crippen LogP contribution in [0.15, 0.2) is 54.9 Å². The van der Waals surface area contributed by atoms with E-state index in [9.17, 15) is 4.79 Å². The molecule has 92 valence electrons. The van der Waals surface area contributed by atoms with Crippen molar-refractivity contribution in [2.24, 2.45) is 5.73 Å². The van der Waals surface area contributed by atoms with Crippen LogP contribution in [-0.4, -0.2) is 16.8 Å². The van der Waals surface area contributed by atoms with Crippen molar-refractivity contribution in [1.29, 1.82) is 0 Å². The summed E-state index contributed by atoms with van der Waals surface area (Å²) in [6.45, 7) is 0. The van der Waals surface area contributed by atoms with Gasteiger partial charge >= 0.3 is 0 Å². The minimum Gasteiger partial charge on any atom is -0.321 e. The van der Waals surface area contributed by atoms with Crippen LogP contribution in [0, 0.1) is 0 Å². The van der Waals surface area contributed by atoms with Crippen molar-refractivity contribution in [2.75, 3.05) is 0 Å². The predicted octanol–water partition coefficient (Wildman–Crippen LogP) is 1.76. The highest BCUT2D eigenvalue weighted by Gasteiger charge is 2.14. The molecule has 0 aliphatic heterocycles. The Morgan fingerprint density at radius 2 is 1.83 bits per heavy atom. The summed E-state index contributed by atoms with van der Waals surface area (Å²) in [5.41, 5.74) is 7.92. The van der Waals surface area contributed by atoms with E-state index >= 15 is 0 Å². The van der Waals surface area contributed by atoms with Crippen molar-refractivity contribution in [3.63, 3.8) is 0 Å². The Kier molecular flexibility index (Phi) is 4.20. The maximum absolute atomic E-state index is 12.0. The molecule has 1 heterocycles. The standard InChI is InChI=1S/C15H16N2O/c16-14(9-12-5-2-1-3-6-12)15(18)10-13-7-4-8-17-11-13/h1-8,11,14H,9-10,16H2. The number of nitrogens with two attached hydrogens (primary N) is 1. The van der Waals surface area contributed by atoms with Crippen molar-refractivity contribution in [2.45, 2.75) is 18.9 Å². The molecule has 1 aromatic carbocycles. The predicted molar refractivity (Wildman–Crippen MR) is 71.1 cm³/mol. The first-order valence-electron chi connectivity index (χ1n) is 5.97. The van der Waals surface area contributed by atoms with Gasteiger partial charge in [-0.3, -0.25) is 9.78 Å². The summed E-state index contributed by atoms with van der Waals surface area (Å²) in [7, 11) is 0. The molecule has 0 saturated carbocycles. The van der Waals surface area contributed by atoms with Gasteiger partial charge in [0.25, 0.3) is 0 Å². The van der Waals surface area contributed by atoms with E-state index in [1.54, 1.807) is 12.4 Å². The topological polar surface area (TPSA) is 56.0 Å². The van der Waals surface area contributed by atoms with Crippen LogP contribution in [0.4, 0.5) is 0 Å². The lowest BCUT2D eigenvalue weighted by Crippen LogP contribution is -2.33. The van der Waals surface area contributed by atoms with Crippen LogP contribution >= 0.6 is 0 Å². The Labute approximate surface area is 107 Å². The molecule has 0 fully saturated rings. The second-order valence-electron chi connectivity index (χ2n) is 4.30. The summed E-state index contributed by atoms with van der Waals surface area (Å²) in [6.07, 6.45) is 4.33. The quantitative estimate of drug-likeness (QED) is 0.866. The normalized spacial score (nSPS) is 12.1. The summed E-state index contributed by atoms with van der Waals surface area (Å²) in [5, 5.41) is 0. The zero-order valence-corrected chi connectivity index (χ0v) is 10.1. The number of carbonyl (C=O) groups excluding carboxylic acids is 1. The van der Waals surface area contributed by atoms with E-state index in [-0.39, 0.29) is 5.78 Å². The second kappa shape index (κ2) is 6.07. The second-order valence-corrected chi connectivity index (χ2v) is 4.30. The molecule has 0 bridgehead atoms. The lowest BCUT2D eigenvalue weighted by atomic mass is 9.99. The number of hydrogen-bond donors (Lipinski definition) is 1. The molecule has 0 spiro atoms. The van der Waals surface area contributed by atoms with Crippen LogP contribution in [-0.2, 0) is 17.6 Å². The van der Waals surface area contributed by atoms with Gasteiger partial charge < -0.3 is 5.73 Å². The van der Waals surface area contributed by atoms with E-state index in [0.717, 1.165) is 11.1 Å². The molecule has 1 unspecified atom stereocenters. The minimum atomic E-state index is -0.451. The van der Waals surface area contributed by atoms with Gasteiger partial charge in [0.2, 0.25) is 0 Å². The van der Waals surface area contributed by atoms with Crippen LogP contribution in [0.1, 0.15) is 11.1 Å². The van der Waals surface area contributed by atoms with E-state index in [1.165, 1.54) is 0 Å². The van der Waals surface area contributed by atoms with Gasteiger partial charge in [0, 0.05) is 18.8 Å². The third-order valence-electron chi connectivity index (χ3n) is 2.81. The summed E-state index contributed by atoms with van der Waals surface area (Å²) in [4.78, 5) is 16.0. The van der Waals surface area contributed by atoms with E-state index in [2.05, 4.69) is 4.98 Å². The molecule has 1 aromatic heterocycles. The summed E-state index contributed by atoms with van der Waals surface area (Å²) >= 11 is 0. The van der Waals surface area contributed by atoms with Gasteiger partial charge in [-0.1, -0.05) is 36.4 Å². The number of aromatic nitrogens is 1. The molecule has 2 aromatic rings. The number of rotatable bonds is 5. The molecular formula is C15H16N2O. The highest BCUT2D eigenvalue weighted by atomic mass is 16.1. The third kappa shape index (κ3) is 3.50. The fraction of sp³-hybridized carbons (Fsp3) is 0.200. The van der Waals surface area contributed by atoms with E-state index in [0.29, 0.717) is 12.8 Å². The molecule has 3 nitrogen and oxygen atoms in total. The van der Waals surface area contributed by atoms with Crippen LogP contribution in [0.2, 0.25) is 0 Å². The zero-order valence-electron chi connectivity index (χ0n) is 10.1. The van der Waals surface area contributed by atoms with Crippen molar-refractivity contribution >= 4 is 5.78 Å². The van der Waals surface area contributed by atoms with Crippen LogP contribution in [0.5, 0.6) is 0 Å². The van der Waals surface area contributed by atoms with Gasteiger partial charge in [0.15, 0.2) is 5.78 Å². The van der Waals surface area contributed by atoms with Crippen molar-refractivity contribution in [3.05, 3.63) is 66.0 Å². The molecule has 3 heteroatoms. The summed E-state index contributed by atoms with van der Waals surface area (Å²) in [6, 6.07) is 13.1. The first kappa shape index (κ1) is 12.5. The van der Waals surface area contributed by atoms with Gasteiger partial charge in [-0.25, -0.2) is 0 Å². The van der Waals surface area contributed by atoms with Crippen LogP contribution in [0.3, 0.4) is 0 Å². The molecule has 0 amide bonds. The highest BCUT2D eigenvalue weighted by molar-refractivity contribution is 5.86. The monoisotopic (exact) mass is 240 g/mol. The van der Waals surface area contributed by atoms with Gasteiger partial charge in [-0.2, -0.15) is 0 Å². The molecule has 18 heavy (non-hydrogen) atoms. The number of Topliss-reactive ketones (excluding diaryl/α,β-unsaturated/α-hetero) is 1. The maximum Gasteiger partial charge on any atom is 0.154 e. The molecule has 0 radical (unpaired) electrons. The number of ketones is 1. The molecular weight excluding hydrogens is 224 g/mol. The van der Waals surface area contributed by atoms with Crippen molar-refractivity contribution in [3.8, 4) is 0 Å².